The maximum atomic E-state index is 9.81. The molecule has 1 heterocycles. The lowest BCUT2D eigenvalue weighted by atomic mass is 10.0. The van der Waals surface area contributed by atoms with Gasteiger partial charge in [0.1, 0.15) is 0 Å². The predicted octanol–water partition coefficient (Wildman–Crippen LogP) is 2.57. The van der Waals surface area contributed by atoms with Gasteiger partial charge in [0.05, 0.1) is 12.6 Å². The number of aliphatic hydroxyl groups excluding tert-OH is 1. The Morgan fingerprint density at radius 2 is 1.95 bits per heavy atom. The van der Waals surface area contributed by atoms with Crippen molar-refractivity contribution >= 4 is 0 Å². The highest BCUT2D eigenvalue weighted by Gasteiger charge is 2.36. The van der Waals surface area contributed by atoms with Gasteiger partial charge in [-0.3, -0.25) is 4.90 Å². The molecule has 1 fully saturated rings. The molecule has 20 heavy (non-hydrogen) atoms. The lowest BCUT2D eigenvalue weighted by molar-refractivity contribution is 0.110. The van der Waals surface area contributed by atoms with Crippen LogP contribution in [-0.2, 0) is 0 Å². The Bertz CT molecular complexity index is 413. The Morgan fingerprint density at radius 1 is 1.30 bits per heavy atom. The summed E-state index contributed by atoms with van der Waals surface area (Å²) in [5.41, 5.74) is 1.34. The van der Waals surface area contributed by atoms with Crippen molar-refractivity contribution in [3.63, 3.8) is 0 Å². The molecule has 1 aromatic rings. The van der Waals surface area contributed by atoms with Gasteiger partial charge in [-0.1, -0.05) is 30.3 Å². The molecule has 3 atom stereocenters. The van der Waals surface area contributed by atoms with Gasteiger partial charge in [-0.25, -0.2) is 0 Å². The zero-order chi connectivity index (χ0) is 14.8. The minimum Gasteiger partial charge on any atom is -0.394 e. The number of aliphatic hydroxyl groups is 1. The molecule has 0 bridgehead atoms. The number of likely N-dealkylation sites (tertiary alicyclic amines) is 1. The van der Waals surface area contributed by atoms with Gasteiger partial charge in [-0.2, -0.15) is 0 Å². The maximum absolute atomic E-state index is 9.81. The fourth-order valence-corrected chi connectivity index (χ4v) is 3.23. The van der Waals surface area contributed by atoms with Crippen LogP contribution in [0.5, 0.6) is 0 Å². The molecule has 0 aliphatic carbocycles. The summed E-state index contributed by atoms with van der Waals surface area (Å²) >= 11 is 0. The number of benzene rings is 1. The SMILES string of the molecule is C[C@H]1[C@H](NC(C)(C)C)CCN1[C@H](CO)c1ccccc1. The predicted molar refractivity (Wildman–Crippen MR) is 83.7 cm³/mol. The van der Waals surface area contributed by atoms with Gasteiger partial charge in [0.15, 0.2) is 0 Å². The van der Waals surface area contributed by atoms with Crippen molar-refractivity contribution in [2.24, 2.45) is 0 Å². The largest absolute Gasteiger partial charge is 0.394 e. The molecule has 0 radical (unpaired) electrons. The molecule has 3 nitrogen and oxygen atoms in total. The van der Waals surface area contributed by atoms with Crippen LogP contribution >= 0.6 is 0 Å². The number of nitrogens with zero attached hydrogens (tertiary/aromatic N) is 1. The van der Waals surface area contributed by atoms with Crippen LogP contribution in [0.1, 0.15) is 45.7 Å². The third kappa shape index (κ3) is 3.60. The highest BCUT2D eigenvalue weighted by molar-refractivity contribution is 5.20. The van der Waals surface area contributed by atoms with Crippen LogP contribution < -0.4 is 5.32 Å². The second-order valence-corrected chi connectivity index (χ2v) is 6.88. The van der Waals surface area contributed by atoms with Crippen molar-refractivity contribution in [2.45, 2.75) is 57.8 Å². The molecule has 1 saturated heterocycles. The van der Waals surface area contributed by atoms with Crippen LogP contribution in [0.4, 0.5) is 0 Å². The Morgan fingerprint density at radius 3 is 2.50 bits per heavy atom. The van der Waals surface area contributed by atoms with Crippen molar-refractivity contribution in [1.29, 1.82) is 0 Å². The van der Waals surface area contributed by atoms with E-state index in [2.05, 4.69) is 50.0 Å². The molecule has 0 spiro atoms. The van der Waals surface area contributed by atoms with E-state index in [-0.39, 0.29) is 18.2 Å². The summed E-state index contributed by atoms with van der Waals surface area (Å²) < 4.78 is 0. The van der Waals surface area contributed by atoms with E-state index in [0.717, 1.165) is 13.0 Å². The van der Waals surface area contributed by atoms with Gasteiger partial charge in [-0.15, -0.1) is 0 Å². The molecule has 0 amide bonds. The van der Waals surface area contributed by atoms with Gasteiger partial charge in [-0.05, 0) is 39.7 Å². The third-order valence-electron chi connectivity index (χ3n) is 4.18. The maximum Gasteiger partial charge on any atom is 0.0628 e. The first-order valence-corrected chi connectivity index (χ1v) is 7.61. The molecule has 2 rings (SSSR count). The van der Waals surface area contributed by atoms with E-state index >= 15 is 0 Å². The lowest BCUT2D eigenvalue weighted by Crippen LogP contribution is -2.49. The van der Waals surface area contributed by atoms with Crippen LogP contribution in [-0.4, -0.2) is 40.8 Å². The smallest absolute Gasteiger partial charge is 0.0628 e. The highest BCUT2D eigenvalue weighted by Crippen LogP contribution is 2.30. The molecule has 0 saturated carbocycles. The zero-order valence-corrected chi connectivity index (χ0v) is 13.1. The van der Waals surface area contributed by atoms with E-state index < -0.39 is 0 Å². The first-order valence-electron chi connectivity index (χ1n) is 7.61. The molecule has 1 aliphatic heterocycles. The second-order valence-electron chi connectivity index (χ2n) is 6.88. The molecule has 1 aromatic carbocycles. The molecule has 0 aromatic heterocycles. The van der Waals surface area contributed by atoms with Crippen LogP contribution in [0, 0.1) is 0 Å². The van der Waals surface area contributed by atoms with Gasteiger partial charge >= 0.3 is 0 Å². The first kappa shape index (κ1) is 15.5. The normalized spacial score (nSPS) is 25.9. The summed E-state index contributed by atoms with van der Waals surface area (Å²) in [6.07, 6.45) is 1.14. The Labute approximate surface area is 123 Å². The van der Waals surface area contributed by atoms with Crippen molar-refractivity contribution in [1.82, 2.24) is 10.2 Å². The fraction of sp³-hybridized carbons (Fsp3) is 0.647. The van der Waals surface area contributed by atoms with E-state index in [1.54, 1.807) is 0 Å². The summed E-state index contributed by atoms with van der Waals surface area (Å²) in [4.78, 5) is 2.43. The minimum atomic E-state index is 0.109. The molecular weight excluding hydrogens is 248 g/mol. The minimum absolute atomic E-state index is 0.109. The van der Waals surface area contributed by atoms with E-state index in [9.17, 15) is 5.11 Å². The van der Waals surface area contributed by atoms with Crippen LogP contribution in [0.15, 0.2) is 30.3 Å². The molecule has 1 aliphatic rings. The Kier molecular flexibility index (Phi) is 4.84. The summed E-state index contributed by atoms with van der Waals surface area (Å²) in [5, 5.41) is 13.5. The second kappa shape index (κ2) is 6.25. The van der Waals surface area contributed by atoms with Crippen molar-refractivity contribution < 1.29 is 5.11 Å². The third-order valence-corrected chi connectivity index (χ3v) is 4.18. The van der Waals surface area contributed by atoms with Crippen LogP contribution in [0.2, 0.25) is 0 Å². The fourth-order valence-electron chi connectivity index (χ4n) is 3.23. The summed E-state index contributed by atoms with van der Waals surface area (Å²) in [6.45, 7) is 10.1. The summed E-state index contributed by atoms with van der Waals surface area (Å²) in [6, 6.07) is 11.4. The van der Waals surface area contributed by atoms with E-state index in [0.29, 0.717) is 12.1 Å². The number of nitrogens with one attached hydrogen (secondary N) is 1. The first-order chi connectivity index (χ1) is 9.42. The Hall–Kier alpha value is -0.900. The number of rotatable bonds is 4. The van der Waals surface area contributed by atoms with E-state index in [1.807, 2.05) is 18.2 Å². The van der Waals surface area contributed by atoms with Crippen molar-refractivity contribution in [3.05, 3.63) is 35.9 Å². The summed E-state index contributed by atoms with van der Waals surface area (Å²) in [5.74, 6) is 0. The molecule has 0 unspecified atom stereocenters. The number of hydrogen-bond donors (Lipinski definition) is 2. The van der Waals surface area contributed by atoms with Gasteiger partial charge in [0.2, 0.25) is 0 Å². The van der Waals surface area contributed by atoms with Gasteiger partial charge in [0, 0.05) is 24.2 Å². The lowest BCUT2D eigenvalue weighted by Gasteiger charge is -2.34. The average Bonchev–Trinajstić information content (AvgIpc) is 2.72. The molecule has 3 heteroatoms. The highest BCUT2D eigenvalue weighted by atomic mass is 16.3. The average molecular weight is 276 g/mol. The van der Waals surface area contributed by atoms with E-state index in [1.165, 1.54) is 5.56 Å². The quantitative estimate of drug-likeness (QED) is 0.887. The Balaban J connectivity index is 2.09. The van der Waals surface area contributed by atoms with E-state index in [4.69, 9.17) is 0 Å². The van der Waals surface area contributed by atoms with Crippen LogP contribution in [0.3, 0.4) is 0 Å². The molecule has 2 N–H and O–H groups in total. The van der Waals surface area contributed by atoms with Crippen molar-refractivity contribution in [3.8, 4) is 0 Å². The van der Waals surface area contributed by atoms with Crippen molar-refractivity contribution in [2.75, 3.05) is 13.2 Å². The zero-order valence-electron chi connectivity index (χ0n) is 13.1. The standard InChI is InChI=1S/C17H28N2O/c1-13-15(18-17(2,3)4)10-11-19(13)16(12-20)14-8-6-5-7-9-14/h5-9,13,15-16,18,20H,10-12H2,1-4H3/t13-,15+,16+/m0/s1. The van der Waals surface area contributed by atoms with Gasteiger partial charge in [0.25, 0.3) is 0 Å². The van der Waals surface area contributed by atoms with Crippen LogP contribution in [0.25, 0.3) is 0 Å². The number of hydrogen-bond acceptors (Lipinski definition) is 3. The topological polar surface area (TPSA) is 35.5 Å². The molecule has 112 valence electrons. The monoisotopic (exact) mass is 276 g/mol. The van der Waals surface area contributed by atoms with Gasteiger partial charge < -0.3 is 10.4 Å². The molecular formula is C17H28N2O. The summed E-state index contributed by atoms with van der Waals surface area (Å²) in [7, 11) is 0.